The second-order valence-electron chi connectivity index (χ2n) is 7.37. The number of rotatable bonds is 11. The first-order chi connectivity index (χ1) is 13.5. The van der Waals surface area contributed by atoms with Crippen LogP contribution >= 0.6 is 0 Å². The van der Waals surface area contributed by atoms with Crippen LogP contribution in [0.4, 0.5) is 0 Å². The van der Waals surface area contributed by atoms with E-state index in [1.807, 2.05) is 20.8 Å². The van der Waals surface area contributed by atoms with E-state index < -0.39 is 28.0 Å². The van der Waals surface area contributed by atoms with E-state index in [-0.39, 0.29) is 29.6 Å². The Morgan fingerprint density at radius 3 is 2.34 bits per heavy atom. The van der Waals surface area contributed by atoms with E-state index in [9.17, 15) is 18.0 Å². The minimum Gasteiger partial charge on any atom is -0.370 e. The summed E-state index contributed by atoms with van der Waals surface area (Å²) in [6.45, 7) is 5.82. The van der Waals surface area contributed by atoms with Crippen LogP contribution in [0.25, 0.3) is 0 Å². The summed E-state index contributed by atoms with van der Waals surface area (Å²) in [6.07, 6.45) is 1.25. The predicted molar refractivity (Wildman–Crippen MR) is 112 cm³/mol. The number of benzene rings is 1. The third-order valence-corrected chi connectivity index (χ3v) is 6.13. The van der Waals surface area contributed by atoms with Gasteiger partial charge in [-0.1, -0.05) is 31.5 Å². The number of hydrogen-bond donors (Lipinski definition) is 4. The monoisotopic (exact) mass is 425 g/mol. The smallest absolute Gasteiger partial charge is 0.267 e. The van der Waals surface area contributed by atoms with Gasteiger partial charge in [-0.25, -0.2) is 12.7 Å². The lowest BCUT2D eigenvalue weighted by molar-refractivity contribution is -0.132. The van der Waals surface area contributed by atoms with Crippen molar-refractivity contribution in [2.45, 2.75) is 57.0 Å². The molecule has 0 spiro atoms. The summed E-state index contributed by atoms with van der Waals surface area (Å²) >= 11 is 0. The van der Waals surface area contributed by atoms with Crippen LogP contribution in [0.15, 0.2) is 29.2 Å². The Balaban J connectivity index is 3.19. The van der Waals surface area contributed by atoms with E-state index in [1.165, 1.54) is 12.1 Å². The van der Waals surface area contributed by atoms with E-state index in [4.69, 9.17) is 16.9 Å². The van der Waals surface area contributed by atoms with Gasteiger partial charge in [-0.2, -0.15) is 0 Å². The van der Waals surface area contributed by atoms with Crippen LogP contribution in [0.1, 0.15) is 38.7 Å². The van der Waals surface area contributed by atoms with Crippen LogP contribution in [-0.2, 0) is 19.6 Å². The summed E-state index contributed by atoms with van der Waals surface area (Å²) in [4.78, 5) is 24.7. The summed E-state index contributed by atoms with van der Waals surface area (Å²) in [5.41, 5.74) is 12.0. The zero-order valence-corrected chi connectivity index (χ0v) is 17.9. The van der Waals surface area contributed by atoms with Gasteiger partial charge in [0.2, 0.25) is 0 Å². The van der Waals surface area contributed by atoms with Gasteiger partial charge in [0, 0.05) is 6.54 Å². The summed E-state index contributed by atoms with van der Waals surface area (Å²) in [5, 5.41) is 9.71. The molecule has 1 aromatic rings. The van der Waals surface area contributed by atoms with Crippen LogP contribution in [0.2, 0.25) is 0 Å². The third kappa shape index (κ3) is 7.13. The van der Waals surface area contributed by atoms with Crippen LogP contribution in [0.5, 0.6) is 0 Å². The molecule has 1 rings (SSSR count). The SMILES string of the molecule is Cc1ccc(S(=O)(=O)N(C(=O)[C@@H](N)CCCNC(=N)N)[C@H](C=O)CC(C)C)cc1. The molecule has 1 amide bonds. The highest BCUT2D eigenvalue weighted by Gasteiger charge is 2.38. The van der Waals surface area contributed by atoms with Gasteiger partial charge in [0.15, 0.2) is 5.96 Å². The van der Waals surface area contributed by atoms with Gasteiger partial charge < -0.3 is 21.6 Å². The van der Waals surface area contributed by atoms with Crippen molar-refractivity contribution in [3.63, 3.8) is 0 Å². The summed E-state index contributed by atoms with van der Waals surface area (Å²) in [5.74, 6) is -1.04. The number of carbonyl (C=O) groups excluding carboxylic acids is 2. The zero-order valence-electron chi connectivity index (χ0n) is 17.1. The van der Waals surface area contributed by atoms with Crippen molar-refractivity contribution in [1.29, 1.82) is 5.41 Å². The quantitative estimate of drug-likeness (QED) is 0.176. The summed E-state index contributed by atoms with van der Waals surface area (Å²) < 4.78 is 27.1. The molecule has 0 bridgehead atoms. The molecule has 1 aromatic carbocycles. The van der Waals surface area contributed by atoms with Crippen LogP contribution in [0.3, 0.4) is 0 Å². The molecule has 10 heteroatoms. The average molecular weight is 426 g/mol. The lowest BCUT2D eigenvalue weighted by Crippen LogP contribution is -2.52. The highest BCUT2D eigenvalue weighted by atomic mass is 32.2. The number of guanidine groups is 1. The number of carbonyl (C=O) groups is 2. The molecule has 0 aromatic heterocycles. The number of amides is 1. The Hall–Kier alpha value is -2.46. The Kier molecular flexibility index (Phi) is 9.25. The molecule has 0 saturated heterocycles. The fourth-order valence-electron chi connectivity index (χ4n) is 2.81. The highest BCUT2D eigenvalue weighted by molar-refractivity contribution is 7.89. The molecule has 0 radical (unpaired) electrons. The molecule has 0 heterocycles. The third-order valence-electron chi connectivity index (χ3n) is 4.29. The first-order valence-corrected chi connectivity index (χ1v) is 10.9. The second kappa shape index (κ2) is 10.9. The van der Waals surface area contributed by atoms with E-state index in [1.54, 1.807) is 12.1 Å². The highest BCUT2D eigenvalue weighted by Crippen LogP contribution is 2.23. The van der Waals surface area contributed by atoms with Crippen molar-refractivity contribution < 1.29 is 18.0 Å². The van der Waals surface area contributed by atoms with Gasteiger partial charge in [0.25, 0.3) is 15.9 Å². The van der Waals surface area contributed by atoms with Gasteiger partial charge in [0.1, 0.15) is 12.3 Å². The summed E-state index contributed by atoms with van der Waals surface area (Å²) in [7, 11) is -4.26. The number of nitrogens with zero attached hydrogens (tertiary/aromatic N) is 1. The van der Waals surface area contributed by atoms with Crippen molar-refractivity contribution in [2.75, 3.05) is 6.54 Å². The Labute approximate surface area is 172 Å². The van der Waals surface area contributed by atoms with Crippen LogP contribution < -0.4 is 16.8 Å². The minimum atomic E-state index is -4.26. The number of aryl methyl sites for hydroxylation is 1. The molecule has 0 unspecified atom stereocenters. The van der Waals surface area contributed by atoms with E-state index in [0.29, 0.717) is 23.6 Å². The average Bonchev–Trinajstić information content (AvgIpc) is 2.63. The predicted octanol–water partition coefficient (Wildman–Crippen LogP) is 0.716. The number of nitrogens with two attached hydrogens (primary N) is 2. The van der Waals surface area contributed by atoms with Gasteiger partial charge in [-0.3, -0.25) is 10.2 Å². The topological polar surface area (TPSA) is 159 Å². The zero-order chi connectivity index (χ0) is 22.2. The fourth-order valence-corrected chi connectivity index (χ4v) is 4.38. The molecule has 0 fully saturated rings. The van der Waals surface area contributed by atoms with Crippen molar-refractivity contribution in [2.24, 2.45) is 17.4 Å². The van der Waals surface area contributed by atoms with E-state index in [2.05, 4.69) is 5.32 Å². The van der Waals surface area contributed by atoms with E-state index in [0.717, 1.165) is 5.56 Å². The Morgan fingerprint density at radius 1 is 1.28 bits per heavy atom. The maximum absolute atomic E-state index is 13.2. The number of nitrogens with one attached hydrogen (secondary N) is 2. The molecule has 0 aliphatic rings. The molecule has 0 saturated carbocycles. The van der Waals surface area contributed by atoms with Crippen molar-refractivity contribution >= 4 is 28.2 Å². The molecule has 0 aliphatic heterocycles. The largest absolute Gasteiger partial charge is 0.370 e. The summed E-state index contributed by atoms with van der Waals surface area (Å²) in [6, 6.07) is 3.81. The van der Waals surface area contributed by atoms with Crippen molar-refractivity contribution in [3.05, 3.63) is 29.8 Å². The molecule has 162 valence electrons. The maximum atomic E-state index is 13.2. The molecule has 2 atom stereocenters. The molecule has 29 heavy (non-hydrogen) atoms. The Bertz CT molecular complexity index is 808. The van der Waals surface area contributed by atoms with Crippen molar-refractivity contribution in [3.8, 4) is 0 Å². The first kappa shape index (κ1) is 24.6. The molecule has 0 aliphatic carbocycles. The molecule has 6 N–H and O–H groups in total. The second-order valence-corrected chi connectivity index (χ2v) is 9.19. The van der Waals surface area contributed by atoms with Crippen LogP contribution in [-0.4, -0.2) is 49.5 Å². The maximum Gasteiger partial charge on any atom is 0.267 e. The van der Waals surface area contributed by atoms with Crippen molar-refractivity contribution in [1.82, 2.24) is 9.62 Å². The lowest BCUT2D eigenvalue weighted by Gasteiger charge is -2.30. The lowest BCUT2D eigenvalue weighted by atomic mass is 10.0. The molecular formula is C19H31N5O4S. The van der Waals surface area contributed by atoms with Gasteiger partial charge in [-0.15, -0.1) is 0 Å². The number of hydrogen-bond acceptors (Lipinski definition) is 6. The number of aldehydes is 1. The van der Waals surface area contributed by atoms with E-state index >= 15 is 0 Å². The number of sulfonamides is 1. The van der Waals surface area contributed by atoms with Gasteiger partial charge in [0.05, 0.1) is 10.9 Å². The Morgan fingerprint density at radius 2 is 1.86 bits per heavy atom. The first-order valence-electron chi connectivity index (χ1n) is 9.44. The van der Waals surface area contributed by atoms with Crippen LogP contribution in [0, 0.1) is 18.3 Å². The van der Waals surface area contributed by atoms with Gasteiger partial charge in [-0.05, 0) is 44.2 Å². The van der Waals surface area contributed by atoms with Gasteiger partial charge >= 0.3 is 0 Å². The standard InChI is InChI=1S/C19H31N5O4S/c1-13(2)11-15(12-25)24(18(26)17(20)5-4-10-23-19(21)22)29(27,28)16-8-6-14(3)7-9-16/h6-9,12-13,15,17H,4-5,10-11,20H2,1-3H3,(H4,21,22,23)/t15-,17-/m0/s1. The molecular weight excluding hydrogens is 394 g/mol. The molecule has 9 nitrogen and oxygen atoms in total. The normalized spacial score (nSPS) is 13.6. The minimum absolute atomic E-state index is 0.00953. The fraction of sp³-hybridized carbons (Fsp3) is 0.526.